The standard InChI is InChI=1S/C25H26N2O6S/c1-15-7-10-19(13-16(15)2)34(32,33)26-17-8-11-20-21(14-17)25(31)27(24(20)30)22-12-9-18(28)5-3-4-6-23(22)29/h7-8,10-11,13-14,22,26H,3-6,9,12H2,1-2H3. The average Bonchev–Trinajstić information content (AvgIpc) is 3.06. The van der Waals surface area contributed by atoms with Crippen LogP contribution in [0.4, 0.5) is 5.69 Å². The molecule has 2 aromatic rings. The summed E-state index contributed by atoms with van der Waals surface area (Å²) in [6, 6.07) is 7.90. The van der Waals surface area contributed by atoms with Gasteiger partial charge in [-0.2, -0.15) is 0 Å². The third-order valence-corrected chi connectivity index (χ3v) is 7.85. The van der Waals surface area contributed by atoms with Crippen LogP contribution in [0.15, 0.2) is 41.3 Å². The number of hydrogen-bond donors (Lipinski definition) is 1. The molecule has 0 spiro atoms. The molecule has 1 heterocycles. The van der Waals surface area contributed by atoms with Gasteiger partial charge in [0.2, 0.25) is 0 Å². The van der Waals surface area contributed by atoms with Crippen molar-refractivity contribution in [3.63, 3.8) is 0 Å². The first kappa shape index (κ1) is 23.8. The summed E-state index contributed by atoms with van der Waals surface area (Å²) in [5.74, 6) is -1.48. The van der Waals surface area contributed by atoms with E-state index in [0.29, 0.717) is 19.3 Å². The number of nitrogens with zero attached hydrogens (tertiary/aromatic N) is 1. The van der Waals surface area contributed by atoms with Crippen molar-refractivity contribution in [2.24, 2.45) is 0 Å². The highest BCUT2D eigenvalue weighted by molar-refractivity contribution is 7.92. The number of anilines is 1. The van der Waals surface area contributed by atoms with E-state index >= 15 is 0 Å². The Kier molecular flexibility index (Phi) is 6.40. The molecular weight excluding hydrogens is 456 g/mol. The lowest BCUT2D eigenvalue weighted by atomic mass is 10.0. The van der Waals surface area contributed by atoms with Crippen molar-refractivity contribution in [3.8, 4) is 0 Å². The van der Waals surface area contributed by atoms with E-state index in [2.05, 4.69) is 4.72 Å². The van der Waals surface area contributed by atoms with E-state index in [9.17, 15) is 27.6 Å². The summed E-state index contributed by atoms with van der Waals surface area (Å²) in [6.07, 6.45) is 1.98. The largest absolute Gasteiger partial charge is 0.300 e. The highest BCUT2D eigenvalue weighted by Gasteiger charge is 2.42. The van der Waals surface area contributed by atoms with Gasteiger partial charge in [0.05, 0.1) is 22.1 Å². The Balaban J connectivity index is 1.61. The van der Waals surface area contributed by atoms with Gasteiger partial charge in [0.25, 0.3) is 21.8 Å². The Morgan fingerprint density at radius 1 is 0.824 bits per heavy atom. The molecule has 1 fully saturated rings. The lowest BCUT2D eigenvalue weighted by Gasteiger charge is -2.24. The van der Waals surface area contributed by atoms with Gasteiger partial charge in [0.1, 0.15) is 5.78 Å². The number of carbonyl (C=O) groups excluding carboxylic acids is 4. The van der Waals surface area contributed by atoms with Crippen molar-refractivity contribution in [2.45, 2.75) is 63.3 Å². The molecule has 178 valence electrons. The van der Waals surface area contributed by atoms with Crippen LogP contribution in [0.5, 0.6) is 0 Å². The SMILES string of the molecule is Cc1ccc(S(=O)(=O)Nc2ccc3c(c2)C(=O)N(C2CCC(=O)CCCCC2=O)C3=O)cc1C. The van der Waals surface area contributed by atoms with Gasteiger partial charge in [0.15, 0.2) is 5.78 Å². The third kappa shape index (κ3) is 4.52. The Morgan fingerprint density at radius 2 is 1.53 bits per heavy atom. The zero-order chi connectivity index (χ0) is 24.6. The molecular formula is C25H26N2O6S. The van der Waals surface area contributed by atoms with Crippen molar-refractivity contribution >= 4 is 39.1 Å². The molecule has 0 radical (unpaired) electrons. The fourth-order valence-electron chi connectivity index (χ4n) is 4.35. The lowest BCUT2D eigenvalue weighted by molar-refractivity contribution is -0.123. The predicted octanol–water partition coefficient (Wildman–Crippen LogP) is 3.56. The summed E-state index contributed by atoms with van der Waals surface area (Å²) >= 11 is 0. The van der Waals surface area contributed by atoms with Gasteiger partial charge in [0, 0.05) is 24.9 Å². The second-order valence-electron chi connectivity index (χ2n) is 8.86. The number of fused-ring (bicyclic) bond motifs is 1. The Hall–Kier alpha value is -3.33. The van der Waals surface area contributed by atoms with E-state index in [0.717, 1.165) is 16.0 Å². The number of imide groups is 1. The first-order valence-corrected chi connectivity index (χ1v) is 12.7. The minimum absolute atomic E-state index is 0.0133. The topological polar surface area (TPSA) is 118 Å². The molecule has 1 N–H and O–H groups in total. The molecule has 8 nitrogen and oxygen atoms in total. The van der Waals surface area contributed by atoms with Gasteiger partial charge in [-0.25, -0.2) is 8.42 Å². The van der Waals surface area contributed by atoms with E-state index in [1.165, 1.54) is 24.3 Å². The number of benzene rings is 2. The van der Waals surface area contributed by atoms with Gasteiger partial charge >= 0.3 is 0 Å². The predicted molar refractivity (Wildman–Crippen MR) is 125 cm³/mol. The number of nitrogens with one attached hydrogen (secondary N) is 1. The Labute approximate surface area is 198 Å². The second-order valence-corrected chi connectivity index (χ2v) is 10.5. The van der Waals surface area contributed by atoms with Crippen molar-refractivity contribution in [1.29, 1.82) is 0 Å². The Morgan fingerprint density at radius 3 is 2.26 bits per heavy atom. The maximum Gasteiger partial charge on any atom is 0.262 e. The van der Waals surface area contributed by atoms with E-state index < -0.39 is 27.9 Å². The van der Waals surface area contributed by atoms with E-state index in [1.807, 2.05) is 13.8 Å². The van der Waals surface area contributed by atoms with Crippen molar-refractivity contribution < 1.29 is 27.6 Å². The number of carbonyl (C=O) groups is 4. The first-order chi connectivity index (χ1) is 16.1. The zero-order valence-electron chi connectivity index (χ0n) is 19.1. The summed E-state index contributed by atoms with van der Waals surface area (Å²) < 4.78 is 28.2. The molecule has 34 heavy (non-hydrogen) atoms. The molecule has 1 atom stereocenters. The summed E-state index contributed by atoms with van der Waals surface area (Å²) in [6.45, 7) is 3.70. The minimum Gasteiger partial charge on any atom is -0.300 e. The van der Waals surface area contributed by atoms with Crippen LogP contribution in [0, 0.1) is 13.8 Å². The van der Waals surface area contributed by atoms with E-state index in [1.54, 1.807) is 12.1 Å². The molecule has 0 saturated heterocycles. The molecule has 4 rings (SSSR count). The number of amides is 2. The van der Waals surface area contributed by atoms with Crippen LogP contribution in [-0.4, -0.2) is 42.7 Å². The van der Waals surface area contributed by atoms with Crippen LogP contribution in [0.3, 0.4) is 0 Å². The van der Waals surface area contributed by atoms with Crippen molar-refractivity contribution in [1.82, 2.24) is 4.90 Å². The number of Topliss-reactive ketones (excluding diaryl/α,β-unsaturated/α-hetero) is 2. The van der Waals surface area contributed by atoms with E-state index in [4.69, 9.17) is 0 Å². The molecule has 0 bridgehead atoms. The third-order valence-electron chi connectivity index (χ3n) is 6.47. The molecule has 2 aromatic carbocycles. The van der Waals surface area contributed by atoms with Gasteiger partial charge in [-0.3, -0.25) is 28.8 Å². The van der Waals surface area contributed by atoms with Crippen LogP contribution in [0.25, 0.3) is 0 Å². The summed E-state index contributed by atoms with van der Waals surface area (Å²) in [5, 5.41) is 0. The molecule has 9 heteroatoms. The normalized spacial score (nSPS) is 19.5. The van der Waals surface area contributed by atoms with Crippen LogP contribution in [-0.2, 0) is 19.6 Å². The maximum atomic E-state index is 13.2. The number of hydrogen-bond acceptors (Lipinski definition) is 6. The van der Waals surface area contributed by atoms with Crippen LogP contribution < -0.4 is 4.72 Å². The molecule has 1 saturated carbocycles. The summed E-state index contributed by atoms with van der Waals surface area (Å²) in [7, 11) is -3.91. The van der Waals surface area contributed by atoms with Gasteiger partial charge in [-0.1, -0.05) is 6.07 Å². The minimum atomic E-state index is -3.91. The van der Waals surface area contributed by atoms with Gasteiger partial charge in [-0.15, -0.1) is 0 Å². The average molecular weight is 483 g/mol. The number of rotatable bonds is 4. The van der Waals surface area contributed by atoms with Crippen molar-refractivity contribution in [2.75, 3.05) is 4.72 Å². The molecule has 1 aliphatic carbocycles. The van der Waals surface area contributed by atoms with Gasteiger partial charge < -0.3 is 0 Å². The fraction of sp³-hybridized carbons (Fsp3) is 0.360. The number of sulfonamides is 1. The summed E-state index contributed by atoms with van der Waals surface area (Å²) in [5.41, 5.74) is 2.06. The quantitative estimate of drug-likeness (QED) is 0.666. The molecule has 1 aliphatic heterocycles. The van der Waals surface area contributed by atoms with E-state index in [-0.39, 0.29) is 52.5 Å². The highest BCUT2D eigenvalue weighted by atomic mass is 32.2. The number of ketones is 2. The molecule has 2 amide bonds. The first-order valence-electron chi connectivity index (χ1n) is 11.2. The molecule has 2 aliphatic rings. The molecule has 1 unspecified atom stereocenters. The molecule has 0 aromatic heterocycles. The maximum absolute atomic E-state index is 13.2. The van der Waals surface area contributed by atoms with Gasteiger partial charge in [-0.05, 0) is 74.6 Å². The second kappa shape index (κ2) is 9.13. The summed E-state index contributed by atoms with van der Waals surface area (Å²) in [4.78, 5) is 52.0. The van der Waals surface area contributed by atoms with Crippen LogP contribution in [0.2, 0.25) is 0 Å². The smallest absolute Gasteiger partial charge is 0.262 e. The highest BCUT2D eigenvalue weighted by Crippen LogP contribution is 2.31. The lowest BCUT2D eigenvalue weighted by Crippen LogP contribution is -2.45. The monoisotopic (exact) mass is 482 g/mol. The van der Waals surface area contributed by atoms with Crippen LogP contribution >= 0.6 is 0 Å². The van der Waals surface area contributed by atoms with Crippen LogP contribution in [0.1, 0.15) is 70.4 Å². The zero-order valence-corrected chi connectivity index (χ0v) is 19.9. The van der Waals surface area contributed by atoms with Crippen molar-refractivity contribution in [3.05, 3.63) is 58.7 Å². The Bertz CT molecular complexity index is 1310. The fourth-order valence-corrected chi connectivity index (χ4v) is 5.48. The number of aryl methyl sites for hydroxylation is 2.